The van der Waals surface area contributed by atoms with Gasteiger partial charge in [-0.05, 0) is 36.6 Å². The Morgan fingerprint density at radius 1 is 1.06 bits per heavy atom. The SMILES string of the molecule is O=C(c1ccccc1)N1CCCCC(SC2=NCNc3sc(-c4ccccc4)cc32)C1=O. The van der Waals surface area contributed by atoms with E-state index in [4.69, 9.17) is 0 Å². The molecule has 1 aromatic heterocycles. The maximum Gasteiger partial charge on any atom is 0.260 e. The highest BCUT2D eigenvalue weighted by Gasteiger charge is 2.34. The highest BCUT2D eigenvalue weighted by molar-refractivity contribution is 8.15. The van der Waals surface area contributed by atoms with Crippen LogP contribution in [0.2, 0.25) is 0 Å². The van der Waals surface area contributed by atoms with Crippen LogP contribution in [0.5, 0.6) is 0 Å². The Morgan fingerprint density at radius 3 is 2.59 bits per heavy atom. The number of thiophene rings is 1. The summed E-state index contributed by atoms with van der Waals surface area (Å²) in [6.45, 7) is 0.969. The number of imide groups is 1. The lowest BCUT2D eigenvalue weighted by Crippen LogP contribution is -2.41. The molecule has 2 aromatic carbocycles. The van der Waals surface area contributed by atoms with Crippen LogP contribution < -0.4 is 5.32 Å². The molecular weight excluding hydrogens is 438 g/mol. The topological polar surface area (TPSA) is 61.8 Å². The molecule has 3 aromatic rings. The molecule has 0 bridgehead atoms. The average Bonchev–Trinajstić information content (AvgIpc) is 3.21. The molecule has 1 unspecified atom stereocenters. The van der Waals surface area contributed by atoms with Crippen LogP contribution in [-0.4, -0.2) is 40.2 Å². The van der Waals surface area contributed by atoms with Gasteiger partial charge in [-0.15, -0.1) is 11.3 Å². The van der Waals surface area contributed by atoms with Gasteiger partial charge in [0.1, 0.15) is 16.7 Å². The summed E-state index contributed by atoms with van der Waals surface area (Å²) in [6.07, 6.45) is 2.50. The summed E-state index contributed by atoms with van der Waals surface area (Å²) >= 11 is 3.21. The molecule has 5 rings (SSSR count). The molecule has 1 saturated heterocycles. The van der Waals surface area contributed by atoms with Gasteiger partial charge in [-0.2, -0.15) is 0 Å². The van der Waals surface area contributed by atoms with Crippen LogP contribution in [0.4, 0.5) is 5.00 Å². The number of fused-ring (bicyclic) bond motifs is 1. The molecule has 2 aliphatic rings. The first-order valence-electron chi connectivity index (χ1n) is 10.8. The molecule has 2 aliphatic heterocycles. The fourth-order valence-electron chi connectivity index (χ4n) is 3.98. The van der Waals surface area contributed by atoms with E-state index < -0.39 is 0 Å². The minimum Gasteiger partial charge on any atom is -0.357 e. The van der Waals surface area contributed by atoms with Gasteiger partial charge in [0.2, 0.25) is 5.91 Å². The van der Waals surface area contributed by atoms with Crippen LogP contribution in [0.25, 0.3) is 10.4 Å². The smallest absolute Gasteiger partial charge is 0.260 e. The predicted octanol–water partition coefficient (Wildman–Crippen LogP) is 5.50. The van der Waals surface area contributed by atoms with Crippen molar-refractivity contribution in [2.24, 2.45) is 4.99 Å². The van der Waals surface area contributed by atoms with E-state index in [1.165, 1.54) is 27.1 Å². The van der Waals surface area contributed by atoms with Gasteiger partial charge in [0.05, 0.1) is 5.25 Å². The molecular formula is C25H23N3O2S2. The van der Waals surface area contributed by atoms with Crippen molar-refractivity contribution in [3.8, 4) is 10.4 Å². The fourth-order valence-corrected chi connectivity index (χ4v) is 6.31. The van der Waals surface area contributed by atoms with Gasteiger partial charge < -0.3 is 5.32 Å². The zero-order chi connectivity index (χ0) is 21.9. The number of carbonyl (C=O) groups excluding carboxylic acids is 2. The van der Waals surface area contributed by atoms with Crippen LogP contribution in [0.3, 0.4) is 0 Å². The number of carbonyl (C=O) groups is 2. The Kier molecular flexibility index (Phi) is 6.10. The lowest BCUT2D eigenvalue weighted by atomic mass is 10.1. The molecule has 1 fully saturated rings. The van der Waals surface area contributed by atoms with Crippen molar-refractivity contribution < 1.29 is 9.59 Å². The Bertz CT molecular complexity index is 1160. The lowest BCUT2D eigenvalue weighted by Gasteiger charge is -2.23. The maximum absolute atomic E-state index is 13.4. The Hall–Kier alpha value is -2.90. The number of hydrogen-bond donors (Lipinski definition) is 1. The van der Waals surface area contributed by atoms with Crippen molar-refractivity contribution in [1.29, 1.82) is 0 Å². The molecule has 7 heteroatoms. The number of likely N-dealkylation sites (tertiary alicyclic amines) is 1. The van der Waals surface area contributed by atoms with Crippen LogP contribution in [-0.2, 0) is 4.79 Å². The Labute approximate surface area is 195 Å². The normalized spacial score (nSPS) is 18.4. The van der Waals surface area contributed by atoms with Crippen molar-refractivity contribution in [3.63, 3.8) is 0 Å². The van der Waals surface area contributed by atoms with Crippen molar-refractivity contribution in [2.75, 3.05) is 18.5 Å². The fraction of sp³-hybridized carbons (Fsp3) is 0.240. The number of hydrogen-bond acceptors (Lipinski definition) is 6. The van der Waals surface area contributed by atoms with Gasteiger partial charge >= 0.3 is 0 Å². The van der Waals surface area contributed by atoms with E-state index in [-0.39, 0.29) is 17.1 Å². The molecule has 3 heterocycles. The van der Waals surface area contributed by atoms with Crippen molar-refractivity contribution >= 4 is 45.0 Å². The minimum atomic E-state index is -0.310. The molecule has 162 valence electrons. The number of rotatable bonds is 3. The van der Waals surface area contributed by atoms with Gasteiger partial charge in [0, 0.05) is 22.5 Å². The zero-order valence-corrected chi connectivity index (χ0v) is 19.1. The maximum atomic E-state index is 13.4. The second kappa shape index (κ2) is 9.30. The summed E-state index contributed by atoms with van der Waals surface area (Å²) in [6, 6.07) is 21.5. The lowest BCUT2D eigenvalue weighted by molar-refractivity contribution is -0.127. The van der Waals surface area contributed by atoms with Crippen molar-refractivity contribution in [3.05, 3.63) is 77.9 Å². The highest BCUT2D eigenvalue weighted by Crippen LogP contribution is 2.40. The van der Waals surface area contributed by atoms with Gasteiger partial charge in [-0.1, -0.05) is 66.7 Å². The Balaban J connectivity index is 1.38. The third-order valence-electron chi connectivity index (χ3n) is 5.64. The van der Waals surface area contributed by atoms with Crippen molar-refractivity contribution in [1.82, 2.24) is 4.90 Å². The van der Waals surface area contributed by atoms with Gasteiger partial charge in [0.15, 0.2) is 0 Å². The molecule has 0 aliphatic carbocycles. The van der Waals surface area contributed by atoms with Gasteiger partial charge in [-0.3, -0.25) is 19.5 Å². The summed E-state index contributed by atoms with van der Waals surface area (Å²) < 4.78 is 0. The first kappa shape index (κ1) is 21.0. The number of anilines is 1. The summed E-state index contributed by atoms with van der Waals surface area (Å²) in [7, 11) is 0. The van der Waals surface area contributed by atoms with E-state index in [1.54, 1.807) is 23.5 Å². The predicted molar refractivity (Wildman–Crippen MR) is 132 cm³/mol. The molecule has 32 heavy (non-hydrogen) atoms. The van der Waals surface area contributed by atoms with E-state index in [0.29, 0.717) is 18.8 Å². The number of amides is 2. The molecule has 5 nitrogen and oxygen atoms in total. The second-order valence-corrected chi connectivity index (χ2v) is 10.0. The average molecular weight is 462 g/mol. The number of aliphatic imine (C=N–C) groups is 1. The van der Waals surface area contributed by atoms with Gasteiger partial charge in [0.25, 0.3) is 5.91 Å². The minimum absolute atomic E-state index is 0.109. The van der Waals surface area contributed by atoms with Crippen LogP contribution >= 0.6 is 23.1 Å². The van der Waals surface area contributed by atoms with Gasteiger partial charge in [-0.25, -0.2) is 0 Å². The van der Waals surface area contributed by atoms with Crippen LogP contribution in [0.15, 0.2) is 71.7 Å². The second-order valence-electron chi connectivity index (χ2n) is 7.78. The summed E-state index contributed by atoms with van der Waals surface area (Å²) in [5.41, 5.74) is 2.77. The van der Waals surface area contributed by atoms with E-state index in [0.717, 1.165) is 34.9 Å². The summed E-state index contributed by atoms with van der Waals surface area (Å²) in [5.74, 6) is -0.319. The Morgan fingerprint density at radius 2 is 1.81 bits per heavy atom. The number of nitrogens with one attached hydrogen (secondary N) is 1. The molecule has 0 radical (unpaired) electrons. The quantitative estimate of drug-likeness (QED) is 0.523. The number of nitrogens with zero attached hydrogens (tertiary/aromatic N) is 2. The molecule has 1 atom stereocenters. The molecule has 2 amide bonds. The molecule has 0 saturated carbocycles. The third-order valence-corrected chi connectivity index (χ3v) is 8.08. The van der Waals surface area contributed by atoms with E-state index in [1.807, 2.05) is 36.4 Å². The standard InChI is InChI=1S/C25H23N3O2S2/c29-24(18-11-5-2-6-12-18)28-14-8-7-13-20(25(28)30)31-22-19-15-21(17-9-3-1-4-10-17)32-23(19)27-16-26-22/h1-6,9-12,15,20,27H,7-8,13-14,16H2. The number of thioether (sulfide) groups is 1. The molecule has 0 spiro atoms. The summed E-state index contributed by atoms with van der Waals surface area (Å²) in [4.78, 5) is 33.7. The van der Waals surface area contributed by atoms with Crippen molar-refractivity contribution in [2.45, 2.75) is 24.5 Å². The van der Waals surface area contributed by atoms with E-state index in [2.05, 4.69) is 28.5 Å². The van der Waals surface area contributed by atoms with E-state index in [9.17, 15) is 9.59 Å². The zero-order valence-electron chi connectivity index (χ0n) is 17.5. The first-order chi connectivity index (χ1) is 15.7. The first-order valence-corrected chi connectivity index (χ1v) is 12.5. The third kappa shape index (κ3) is 4.23. The largest absolute Gasteiger partial charge is 0.357 e. The van der Waals surface area contributed by atoms with E-state index >= 15 is 0 Å². The summed E-state index contributed by atoms with van der Waals surface area (Å²) in [5, 5.41) is 5.01. The monoisotopic (exact) mass is 461 g/mol. The van der Waals surface area contributed by atoms with Crippen LogP contribution in [0.1, 0.15) is 35.2 Å². The molecule has 1 N–H and O–H groups in total. The number of benzene rings is 2. The van der Waals surface area contributed by atoms with Crippen LogP contribution in [0, 0.1) is 0 Å². The highest BCUT2D eigenvalue weighted by atomic mass is 32.2.